The maximum Gasteiger partial charge on any atom is 0.274 e. The van der Waals surface area contributed by atoms with Gasteiger partial charge in [0, 0.05) is 5.69 Å². The smallest absolute Gasteiger partial charge is 0.274 e. The Bertz CT molecular complexity index is 718. The van der Waals surface area contributed by atoms with Crippen LogP contribution in [0, 0.1) is 0 Å². The molecule has 0 spiro atoms. The van der Waals surface area contributed by atoms with E-state index in [1.165, 1.54) is 4.57 Å². The van der Waals surface area contributed by atoms with E-state index in [9.17, 15) is 8.42 Å². The lowest BCUT2D eigenvalue weighted by Gasteiger charge is -2.19. The van der Waals surface area contributed by atoms with Crippen LogP contribution < -0.4 is 5.14 Å². The second kappa shape index (κ2) is 5.55. The summed E-state index contributed by atoms with van der Waals surface area (Å²) in [5.41, 5.74) is 0.230. The zero-order valence-electron chi connectivity index (χ0n) is 12.1. The topological polar surface area (TPSA) is 100 Å². The van der Waals surface area contributed by atoms with Crippen molar-refractivity contribution in [2.45, 2.75) is 38.1 Å². The summed E-state index contributed by atoms with van der Waals surface area (Å²) in [6.45, 7) is 5.82. The Hall–Kier alpha value is -1.77. The number of ether oxygens (including phenoxy) is 1. The van der Waals surface area contributed by atoms with Crippen molar-refractivity contribution >= 4 is 10.0 Å². The normalized spacial score (nSPS) is 12.6. The molecule has 2 aromatic rings. The van der Waals surface area contributed by atoms with Crippen LogP contribution in [0.25, 0.3) is 5.69 Å². The zero-order chi connectivity index (χ0) is 15.7. The number of benzene rings is 1. The molecule has 1 aromatic heterocycles. The molecule has 0 saturated carbocycles. The summed E-state index contributed by atoms with van der Waals surface area (Å²) in [5.74, 6) is 0.375. The second-order valence-electron chi connectivity index (χ2n) is 5.52. The molecule has 21 heavy (non-hydrogen) atoms. The number of hydrogen-bond donors (Lipinski definition) is 1. The molecule has 1 heterocycles. The first-order valence-electron chi connectivity index (χ1n) is 6.35. The number of para-hydroxylation sites is 1. The van der Waals surface area contributed by atoms with Gasteiger partial charge < -0.3 is 4.74 Å². The highest BCUT2D eigenvalue weighted by Gasteiger charge is 2.23. The van der Waals surface area contributed by atoms with E-state index in [0.717, 1.165) is 0 Å². The predicted molar refractivity (Wildman–Crippen MR) is 77.3 cm³/mol. The van der Waals surface area contributed by atoms with Crippen LogP contribution in [-0.4, -0.2) is 28.8 Å². The number of hydrogen-bond acceptors (Lipinski definition) is 5. The molecule has 7 nitrogen and oxygen atoms in total. The number of sulfonamides is 1. The fraction of sp³-hybridized carbons (Fsp3) is 0.385. The molecule has 2 rings (SSSR count). The molecule has 0 bridgehead atoms. The van der Waals surface area contributed by atoms with Gasteiger partial charge in [0.25, 0.3) is 15.2 Å². The molecule has 1 aromatic carbocycles. The molecule has 0 fully saturated rings. The molecular formula is C13H18N4O3S. The van der Waals surface area contributed by atoms with E-state index in [4.69, 9.17) is 9.88 Å². The third-order valence-corrected chi connectivity index (χ3v) is 3.38. The van der Waals surface area contributed by atoms with Gasteiger partial charge in [0.05, 0.1) is 5.60 Å². The summed E-state index contributed by atoms with van der Waals surface area (Å²) in [7, 11) is -3.98. The number of nitrogens with zero attached hydrogens (tertiary/aromatic N) is 3. The minimum Gasteiger partial charge on any atom is -0.368 e. The molecule has 0 atom stereocenters. The van der Waals surface area contributed by atoms with Crippen molar-refractivity contribution in [1.82, 2.24) is 14.8 Å². The monoisotopic (exact) mass is 310 g/mol. The zero-order valence-corrected chi connectivity index (χ0v) is 13.0. The Morgan fingerprint density at radius 1 is 1.19 bits per heavy atom. The van der Waals surface area contributed by atoms with Crippen molar-refractivity contribution in [2.24, 2.45) is 5.14 Å². The minimum absolute atomic E-state index is 0.126. The number of aromatic nitrogens is 3. The number of primary sulfonamides is 1. The first kappa shape index (κ1) is 15.6. The Balaban J connectivity index is 2.50. The van der Waals surface area contributed by atoms with Crippen LogP contribution in [-0.2, 0) is 21.4 Å². The van der Waals surface area contributed by atoms with Gasteiger partial charge in [-0.2, -0.15) is 0 Å². The summed E-state index contributed by atoms with van der Waals surface area (Å²) in [6.07, 6.45) is 0. The van der Waals surface area contributed by atoms with Gasteiger partial charge in [-0.15, -0.1) is 10.2 Å². The lowest BCUT2D eigenvalue weighted by molar-refractivity contribution is -0.0188. The van der Waals surface area contributed by atoms with Gasteiger partial charge in [0.15, 0.2) is 5.82 Å². The molecular weight excluding hydrogens is 292 g/mol. The predicted octanol–water partition coefficient (Wildman–Crippen LogP) is 1.23. The molecule has 8 heteroatoms. The summed E-state index contributed by atoms with van der Waals surface area (Å²) >= 11 is 0. The standard InChI is InChI=1S/C13H18N4O3S/c1-13(2,3)20-9-11-15-16-12(21(14,18)19)17(11)10-7-5-4-6-8-10/h4-8H,9H2,1-3H3,(H2,14,18,19). The minimum atomic E-state index is -3.98. The molecule has 0 radical (unpaired) electrons. The molecule has 2 N–H and O–H groups in total. The quantitative estimate of drug-likeness (QED) is 0.915. The van der Waals surface area contributed by atoms with Gasteiger partial charge in [0.2, 0.25) is 0 Å². The molecule has 0 unspecified atom stereocenters. The summed E-state index contributed by atoms with van der Waals surface area (Å²) in [6, 6.07) is 8.90. The third-order valence-electron chi connectivity index (χ3n) is 2.60. The average molecular weight is 310 g/mol. The van der Waals surface area contributed by atoms with Crippen LogP contribution in [0.1, 0.15) is 26.6 Å². The number of nitrogens with two attached hydrogens (primary N) is 1. The number of rotatable bonds is 4. The Kier molecular flexibility index (Phi) is 4.13. The Morgan fingerprint density at radius 2 is 1.81 bits per heavy atom. The summed E-state index contributed by atoms with van der Waals surface area (Å²) < 4.78 is 30.3. The maximum atomic E-state index is 11.7. The highest BCUT2D eigenvalue weighted by molar-refractivity contribution is 7.89. The summed E-state index contributed by atoms with van der Waals surface area (Å²) in [4.78, 5) is 0. The van der Waals surface area contributed by atoms with Crippen molar-refractivity contribution in [3.05, 3.63) is 36.2 Å². The van der Waals surface area contributed by atoms with Crippen LogP contribution in [0.3, 0.4) is 0 Å². The van der Waals surface area contributed by atoms with Gasteiger partial charge in [-0.3, -0.25) is 4.57 Å². The maximum absolute atomic E-state index is 11.7. The van der Waals surface area contributed by atoms with Crippen LogP contribution in [0.5, 0.6) is 0 Å². The van der Waals surface area contributed by atoms with Crippen LogP contribution in [0.15, 0.2) is 35.5 Å². The van der Waals surface area contributed by atoms with E-state index < -0.39 is 10.0 Å². The van der Waals surface area contributed by atoms with Crippen molar-refractivity contribution < 1.29 is 13.2 Å². The van der Waals surface area contributed by atoms with E-state index in [2.05, 4.69) is 10.2 Å². The van der Waals surface area contributed by atoms with E-state index in [0.29, 0.717) is 11.5 Å². The van der Waals surface area contributed by atoms with Gasteiger partial charge >= 0.3 is 0 Å². The Labute approximate surface area is 123 Å². The van der Waals surface area contributed by atoms with Crippen molar-refractivity contribution in [3.63, 3.8) is 0 Å². The molecule has 0 aliphatic carbocycles. The second-order valence-corrected chi connectivity index (χ2v) is 6.97. The van der Waals surface area contributed by atoms with Gasteiger partial charge in [-0.25, -0.2) is 13.6 Å². The van der Waals surface area contributed by atoms with Gasteiger partial charge in [0.1, 0.15) is 6.61 Å². The molecule has 0 aliphatic heterocycles. The average Bonchev–Trinajstić information content (AvgIpc) is 2.80. The fourth-order valence-corrected chi connectivity index (χ4v) is 2.32. The third kappa shape index (κ3) is 3.87. The SMILES string of the molecule is CC(C)(C)OCc1nnc(S(N)(=O)=O)n1-c1ccccc1. The lowest BCUT2D eigenvalue weighted by atomic mass is 10.2. The van der Waals surface area contributed by atoms with E-state index in [-0.39, 0.29) is 17.4 Å². The van der Waals surface area contributed by atoms with Crippen LogP contribution in [0.4, 0.5) is 0 Å². The van der Waals surface area contributed by atoms with Crippen LogP contribution >= 0.6 is 0 Å². The van der Waals surface area contributed by atoms with E-state index in [1.807, 2.05) is 26.8 Å². The highest BCUT2D eigenvalue weighted by atomic mass is 32.2. The van der Waals surface area contributed by atoms with E-state index in [1.54, 1.807) is 24.3 Å². The van der Waals surface area contributed by atoms with Gasteiger partial charge in [-0.1, -0.05) is 18.2 Å². The van der Waals surface area contributed by atoms with E-state index >= 15 is 0 Å². The molecule has 0 saturated heterocycles. The van der Waals surface area contributed by atoms with Crippen LogP contribution in [0.2, 0.25) is 0 Å². The highest BCUT2D eigenvalue weighted by Crippen LogP contribution is 2.18. The first-order chi connectivity index (χ1) is 9.68. The molecule has 0 amide bonds. The largest absolute Gasteiger partial charge is 0.368 e. The summed E-state index contributed by atoms with van der Waals surface area (Å²) in [5, 5.41) is 12.5. The molecule has 114 valence electrons. The fourth-order valence-electron chi connectivity index (χ4n) is 1.70. The van der Waals surface area contributed by atoms with Crippen molar-refractivity contribution in [2.75, 3.05) is 0 Å². The Morgan fingerprint density at radius 3 is 2.33 bits per heavy atom. The first-order valence-corrected chi connectivity index (χ1v) is 7.89. The van der Waals surface area contributed by atoms with Gasteiger partial charge in [-0.05, 0) is 32.9 Å². The van der Waals surface area contributed by atoms with Crippen molar-refractivity contribution in [3.8, 4) is 5.69 Å². The van der Waals surface area contributed by atoms with Crippen molar-refractivity contribution in [1.29, 1.82) is 0 Å². The molecule has 0 aliphatic rings. The lowest BCUT2D eigenvalue weighted by Crippen LogP contribution is -2.21.